The van der Waals surface area contributed by atoms with Crippen LogP contribution in [0, 0.1) is 18.2 Å². The number of aliphatic carboxylic acids is 1. The molecular weight excluding hydrogens is 291 g/mol. The third-order valence-electron chi connectivity index (χ3n) is 2.71. The van der Waals surface area contributed by atoms with Gasteiger partial charge in [0, 0.05) is 19.0 Å². The number of anilines is 1. The van der Waals surface area contributed by atoms with E-state index in [9.17, 15) is 18.8 Å². The van der Waals surface area contributed by atoms with Crippen molar-refractivity contribution in [2.24, 2.45) is 0 Å². The lowest BCUT2D eigenvalue weighted by Gasteiger charge is -2.14. The van der Waals surface area contributed by atoms with E-state index in [2.05, 4.69) is 16.6 Å². The molecule has 0 aromatic heterocycles. The number of terminal acetylenes is 1. The molecule has 0 unspecified atom stereocenters. The summed E-state index contributed by atoms with van der Waals surface area (Å²) in [6.45, 7) is 1.27. The van der Waals surface area contributed by atoms with Gasteiger partial charge in [0.25, 0.3) is 5.91 Å². The first kappa shape index (κ1) is 17.2. The molecule has 0 radical (unpaired) electrons. The first-order valence-corrected chi connectivity index (χ1v) is 6.39. The highest BCUT2D eigenvalue weighted by Gasteiger charge is 2.22. The Balaban J connectivity index is 2.93. The Hall–Kier alpha value is -2.88. The minimum Gasteiger partial charge on any atom is -0.480 e. The molecular formula is C15H15FN2O4. The fourth-order valence-electron chi connectivity index (χ4n) is 1.70. The number of carbonyl (C=O) groups excluding carboxylic acids is 2. The van der Waals surface area contributed by atoms with E-state index in [0.717, 1.165) is 12.1 Å². The molecule has 1 rings (SSSR count). The van der Waals surface area contributed by atoms with Crippen LogP contribution in [-0.4, -0.2) is 28.9 Å². The monoisotopic (exact) mass is 306 g/mol. The van der Waals surface area contributed by atoms with Crippen molar-refractivity contribution in [3.63, 3.8) is 0 Å². The molecule has 7 heteroatoms. The van der Waals surface area contributed by atoms with Crippen LogP contribution >= 0.6 is 0 Å². The molecule has 0 spiro atoms. The van der Waals surface area contributed by atoms with E-state index in [0.29, 0.717) is 0 Å². The van der Waals surface area contributed by atoms with Crippen molar-refractivity contribution in [1.82, 2.24) is 5.32 Å². The number of amides is 2. The standard InChI is InChI=1S/C15H15FN2O4/c1-3-4-5-13(15(21)22)18-14(20)11-8-10(17-9(2)19)6-7-12(11)16/h1,6-8,13H,4-5H2,2H3,(H,17,19)(H,18,20)(H,21,22)/t13-/m0/s1. The molecule has 2 amide bonds. The molecule has 1 atom stereocenters. The van der Waals surface area contributed by atoms with Gasteiger partial charge in [-0.25, -0.2) is 9.18 Å². The van der Waals surface area contributed by atoms with Gasteiger partial charge in [-0.2, -0.15) is 0 Å². The number of carboxylic acids is 1. The van der Waals surface area contributed by atoms with Gasteiger partial charge in [-0.15, -0.1) is 12.3 Å². The van der Waals surface area contributed by atoms with Gasteiger partial charge in [0.2, 0.25) is 5.91 Å². The zero-order valence-electron chi connectivity index (χ0n) is 11.9. The van der Waals surface area contributed by atoms with E-state index in [4.69, 9.17) is 11.5 Å². The molecule has 3 N–H and O–H groups in total. The molecule has 1 aromatic carbocycles. The van der Waals surface area contributed by atoms with Crippen LogP contribution in [0.3, 0.4) is 0 Å². The third kappa shape index (κ3) is 4.90. The van der Waals surface area contributed by atoms with Crippen molar-refractivity contribution in [3.05, 3.63) is 29.6 Å². The van der Waals surface area contributed by atoms with Crippen LogP contribution in [0.1, 0.15) is 30.1 Å². The van der Waals surface area contributed by atoms with Crippen molar-refractivity contribution in [2.45, 2.75) is 25.8 Å². The summed E-state index contributed by atoms with van der Waals surface area (Å²) in [6, 6.07) is 2.22. The van der Waals surface area contributed by atoms with Gasteiger partial charge in [0.15, 0.2) is 0 Å². The number of carbonyl (C=O) groups is 3. The summed E-state index contributed by atoms with van der Waals surface area (Å²) < 4.78 is 13.7. The van der Waals surface area contributed by atoms with E-state index in [1.807, 2.05) is 0 Å². The molecule has 0 bridgehead atoms. The van der Waals surface area contributed by atoms with Crippen LogP contribution in [0.25, 0.3) is 0 Å². The Labute approximate surface area is 126 Å². The van der Waals surface area contributed by atoms with Crippen LogP contribution in [0.15, 0.2) is 18.2 Å². The molecule has 0 aliphatic rings. The molecule has 1 aromatic rings. The first-order valence-electron chi connectivity index (χ1n) is 6.39. The van der Waals surface area contributed by atoms with Gasteiger partial charge in [0.1, 0.15) is 11.9 Å². The van der Waals surface area contributed by atoms with Crippen LogP contribution in [0.2, 0.25) is 0 Å². The Morgan fingerprint density at radius 1 is 1.41 bits per heavy atom. The van der Waals surface area contributed by atoms with Crippen molar-refractivity contribution in [2.75, 3.05) is 5.32 Å². The highest BCUT2D eigenvalue weighted by atomic mass is 19.1. The molecule has 0 aliphatic heterocycles. The van der Waals surface area contributed by atoms with Gasteiger partial charge in [0.05, 0.1) is 5.56 Å². The van der Waals surface area contributed by atoms with Crippen LogP contribution in [-0.2, 0) is 9.59 Å². The number of hydrogen-bond acceptors (Lipinski definition) is 3. The predicted octanol–water partition coefficient (Wildman–Crippen LogP) is 1.38. The van der Waals surface area contributed by atoms with Gasteiger partial charge in [-0.3, -0.25) is 9.59 Å². The fourth-order valence-corrected chi connectivity index (χ4v) is 1.70. The van der Waals surface area contributed by atoms with Crippen molar-refractivity contribution < 1.29 is 23.9 Å². The maximum Gasteiger partial charge on any atom is 0.326 e. The van der Waals surface area contributed by atoms with Crippen LogP contribution < -0.4 is 10.6 Å². The summed E-state index contributed by atoms with van der Waals surface area (Å²) in [4.78, 5) is 34.0. The predicted molar refractivity (Wildman–Crippen MR) is 77.7 cm³/mol. The van der Waals surface area contributed by atoms with Gasteiger partial charge >= 0.3 is 5.97 Å². The molecule has 6 nitrogen and oxygen atoms in total. The number of rotatable bonds is 6. The molecule has 116 valence electrons. The summed E-state index contributed by atoms with van der Waals surface area (Å²) in [7, 11) is 0. The molecule has 0 heterocycles. The van der Waals surface area contributed by atoms with Crippen LogP contribution in [0.4, 0.5) is 10.1 Å². The normalized spacial score (nSPS) is 11.1. The summed E-state index contributed by atoms with van der Waals surface area (Å²) in [5, 5.41) is 13.6. The third-order valence-corrected chi connectivity index (χ3v) is 2.71. The second-order valence-electron chi connectivity index (χ2n) is 4.48. The highest BCUT2D eigenvalue weighted by Crippen LogP contribution is 2.15. The first-order chi connectivity index (χ1) is 10.3. The van der Waals surface area contributed by atoms with Gasteiger partial charge in [-0.05, 0) is 24.6 Å². The zero-order chi connectivity index (χ0) is 16.7. The molecule has 0 aliphatic carbocycles. The van der Waals surface area contributed by atoms with E-state index >= 15 is 0 Å². The maximum atomic E-state index is 13.7. The van der Waals surface area contributed by atoms with Gasteiger partial charge < -0.3 is 15.7 Å². The summed E-state index contributed by atoms with van der Waals surface area (Å²) in [5.74, 6) is -1.09. The lowest BCUT2D eigenvalue weighted by atomic mass is 10.1. The van der Waals surface area contributed by atoms with Crippen molar-refractivity contribution in [3.8, 4) is 12.3 Å². The number of carboxylic acid groups (broad SMARTS) is 1. The van der Waals surface area contributed by atoms with Crippen LogP contribution in [0.5, 0.6) is 0 Å². The average Bonchev–Trinajstić information content (AvgIpc) is 2.44. The highest BCUT2D eigenvalue weighted by molar-refractivity contribution is 5.98. The van der Waals surface area contributed by atoms with E-state index in [1.165, 1.54) is 13.0 Å². The largest absolute Gasteiger partial charge is 0.480 e. The Morgan fingerprint density at radius 2 is 2.09 bits per heavy atom. The topological polar surface area (TPSA) is 95.5 Å². The lowest BCUT2D eigenvalue weighted by Crippen LogP contribution is -2.41. The van der Waals surface area contributed by atoms with E-state index in [1.54, 1.807) is 0 Å². The zero-order valence-corrected chi connectivity index (χ0v) is 11.9. The maximum absolute atomic E-state index is 13.7. The Bertz CT molecular complexity index is 637. The quantitative estimate of drug-likeness (QED) is 0.692. The summed E-state index contributed by atoms with van der Waals surface area (Å²) in [6.07, 6.45) is 5.24. The average molecular weight is 306 g/mol. The smallest absolute Gasteiger partial charge is 0.326 e. The number of benzene rings is 1. The Morgan fingerprint density at radius 3 is 2.64 bits per heavy atom. The van der Waals surface area contributed by atoms with Crippen molar-refractivity contribution in [1.29, 1.82) is 0 Å². The fraction of sp³-hybridized carbons (Fsp3) is 0.267. The number of hydrogen-bond donors (Lipinski definition) is 3. The molecule has 22 heavy (non-hydrogen) atoms. The number of nitrogens with one attached hydrogen (secondary N) is 2. The Kier molecular flexibility index (Phi) is 6.08. The molecule has 0 fully saturated rings. The molecule has 0 saturated carbocycles. The SMILES string of the molecule is C#CCC[C@H](NC(=O)c1cc(NC(C)=O)ccc1F)C(=O)O. The lowest BCUT2D eigenvalue weighted by molar-refractivity contribution is -0.139. The molecule has 0 saturated heterocycles. The van der Waals surface area contributed by atoms with Crippen molar-refractivity contribution >= 4 is 23.5 Å². The van der Waals surface area contributed by atoms with E-state index in [-0.39, 0.29) is 30.0 Å². The van der Waals surface area contributed by atoms with Gasteiger partial charge in [-0.1, -0.05) is 0 Å². The minimum atomic E-state index is -1.26. The number of halogens is 1. The summed E-state index contributed by atoms with van der Waals surface area (Å²) >= 11 is 0. The van der Waals surface area contributed by atoms with E-state index < -0.39 is 23.7 Å². The summed E-state index contributed by atoms with van der Waals surface area (Å²) in [5.41, 5.74) is -0.132. The second-order valence-corrected chi connectivity index (χ2v) is 4.48. The second kappa shape index (κ2) is 7.78. The minimum absolute atomic E-state index is 0.0323.